The van der Waals surface area contributed by atoms with Crippen LogP contribution in [0.15, 0.2) is 21.1 Å². The molecule has 118 valence electrons. The molecule has 1 aromatic carbocycles. The number of methoxy groups -OCH3 is 2. The Bertz CT molecular complexity index is 463. The predicted molar refractivity (Wildman–Crippen MR) is 92.0 cm³/mol. The van der Waals surface area contributed by atoms with Crippen LogP contribution in [0.25, 0.3) is 0 Å². The minimum absolute atomic E-state index is 0.812. The molecule has 1 saturated heterocycles. The summed E-state index contributed by atoms with van der Waals surface area (Å²) in [7, 11) is 3.48. The summed E-state index contributed by atoms with van der Waals surface area (Å²) in [6.45, 7) is 7.11. The fraction of sp³-hybridized carbons (Fsp3) is 0.600. The normalized spacial score (nSPS) is 17.1. The van der Waals surface area contributed by atoms with Crippen LogP contribution in [-0.2, 0) is 11.3 Å². The third-order valence-electron chi connectivity index (χ3n) is 3.76. The number of rotatable bonds is 6. The highest BCUT2D eigenvalue weighted by atomic mass is 79.9. The van der Waals surface area contributed by atoms with E-state index in [1.54, 1.807) is 14.2 Å². The Morgan fingerprint density at radius 2 is 1.71 bits per heavy atom. The second-order valence-electron chi connectivity index (χ2n) is 5.19. The van der Waals surface area contributed by atoms with Crippen molar-refractivity contribution in [3.63, 3.8) is 0 Å². The molecule has 21 heavy (non-hydrogen) atoms. The molecular weight excluding hydrogens is 400 g/mol. The van der Waals surface area contributed by atoms with Crippen LogP contribution >= 0.6 is 31.9 Å². The first-order chi connectivity index (χ1) is 10.1. The lowest BCUT2D eigenvalue weighted by Crippen LogP contribution is -2.46. The molecule has 0 aromatic heterocycles. The van der Waals surface area contributed by atoms with Crippen molar-refractivity contribution in [1.29, 1.82) is 0 Å². The zero-order valence-corrected chi connectivity index (χ0v) is 15.7. The Morgan fingerprint density at radius 3 is 2.33 bits per heavy atom. The maximum atomic E-state index is 5.53. The molecule has 2 rings (SSSR count). The summed E-state index contributed by atoms with van der Waals surface area (Å²) >= 11 is 7.12. The van der Waals surface area contributed by atoms with Gasteiger partial charge >= 0.3 is 0 Å². The van der Waals surface area contributed by atoms with Crippen LogP contribution in [-0.4, -0.2) is 63.4 Å². The van der Waals surface area contributed by atoms with Gasteiger partial charge in [0.2, 0.25) is 0 Å². The quantitative estimate of drug-likeness (QED) is 0.704. The molecule has 6 heteroatoms. The number of halogens is 2. The van der Waals surface area contributed by atoms with Crippen molar-refractivity contribution in [3.05, 3.63) is 26.6 Å². The smallest absolute Gasteiger partial charge is 0.137 e. The molecular formula is C15H22Br2N2O2. The highest BCUT2D eigenvalue weighted by Crippen LogP contribution is 2.33. The SMILES string of the molecule is COCCN1CCN(Cc2cc(Br)cc(Br)c2OC)CC1. The van der Waals surface area contributed by atoms with Crippen LogP contribution in [0.3, 0.4) is 0 Å². The van der Waals surface area contributed by atoms with Crippen LogP contribution in [0.5, 0.6) is 5.75 Å². The van der Waals surface area contributed by atoms with Gasteiger partial charge in [-0.25, -0.2) is 0 Å². The van der Waals surface area contributed by atoms with Gasteiger partial charge < -0.3 is 9.47 Å². The molecule has 0 amide bonds. The molecule has 0 spiro atoms. The Hall–Kier alpha value is -0.140. The monoisotopic (exact) mass is 420 g/mol. The van der Waals surface area contributed by atoms with Gasteiger partial charge in [-0.15, -0.1) is 0 Å². The second kappa shape index (κ2) is 8.48. The van der Waals surface area contributed by atoms with Crippen LogP contribution in [0.2, 0.25) is 0 Å². The van der Waals surface area contributed by atoms with Crippen molar-refractivity contribution < 1.29 is 9.47 Å². The highest BCUT2D eigenvalue weighted by molar-refractivity contribution is 9.11. The van der Waals surface area contributed by atoms with Crippen molar-refractivity contribution in [3.8, 4) is 5.75 Å². The first kappa shape index (κ1) is 17.2. The van der Waals surface area contributed by atoms with Gasteiger partial charge in [0.15, 0.2) is 0 Å². The van der Waals surface area contributed by atoms with Crippen molar-refractivity contribution >= 4 is 31.9 Å². The molecule has 1 aliphatic heterocycles. The molecule has 1 heterocycles. The molecule has 1 aromatic rings. The van der Waals surface area contributed by atoms with Gasteiger partial charge in [0.25, 0.3) is 0 Å². The van der Waals surface area contributed by atoms with Gasteiger partial charge in [0.05, 0.1) is 18.2 Å². The third-order valence-corrected chi connectivity index (χ3v) is 4.81. The van der Waals surface area contributed by atoms with E-state index in [9.17, 15) is 0 Å². The fourth-order valence-electron chi connectivity index (χ4n) is 2.59. The van der Waals surface area contributed by atoms with Crippen LogP contribution in [0.4, 0.5) is 0 Å². The summed E-state index contributed by atoms with van der Waals surface area (Å²) < 4.78 is 12.7. The van der Waals surface area contributed by atoms with E-state index in [1.165, 1.54) is 5.56 Å². The van der Waals surface area contributed by atoms with Gasteiger partial charge in [-0.3, -0.25) is 9.80 Å². The largest absolute Gasteiger partial charge is 0.495 e. The molecule has 1 fully saturated rings. The van der Waals surface area contributed by atoms with E-state index >= 15 is 0 Å². The van der Waals surface area contributed by atoms with E-state index in [1.807, 2.05) is 6.07 Å². The second-order valence-corrected chi connectivity index (χ2v) is 6.96. The van der Waals surface area contributed by atoms with Crippen LogP contribution in [0.1, 0.15) is 5.56 Å². The minimum Gasteiger partial charge on any atom is -0.495 e. The van der Waals surface area contributed by atoms with Gasteiger partial charge in [-0.2, -0.15) is 0 Å². The van der Waals surface area contributed by atoms with E-state index < -0.39 is 0 Å². The first-order valence-corrected chi connectivity index (χ1v) is 8.68. The molecule has 0 bridgehead atoms. The Labute approximate surface area is 143 Å². The molecule has 0 atom stereocenters. The summed E-state index contributed by atoms with van der Waals surface area (Å²) in [5, 5.41) is 0. The lowest BCUT2D eigenvalue weighted by atomic mass is 10.1. The summed E-state index contributed by atoms with van der Waals surface area (Å²) in [6, 6.07) is 4.16. The number of ether oxygens (including phenoxy) is 2. The minimum atomic E-state index is 0.812. The number of hydrogen-bond acceptors (Lipinski definition) is 4. The van der Waals surface area contributed by atoms with Crippen molar-refractivity contribution in [2.75, 3.05) is 53.6 Å². The third kappa shape index (κ3) is 4.93. The van der Waals surface area contributed by atoms with E-state index in [-0.39, 0.29) is 0 Å². The van der Waals surface area contributed by atoms with E-state index in [0.717, 1.165) is 60.6 Å². The zero-order valence-electron chi connectivity index (χ0n) is 12.6. The maximum Gasteiger partial charge on any atom is 0.137 e. The summed E-state index contributed by atoms with van der Waals surface area (Å²) in [6.07, 6.45) is 0. The standard InChI is InChI=1S/C15H22Br2N2O2/c1-20-8-7-18-3-5-19(6-4-18)11-12-9-13(16)10-14(17)15(12)21-2/h9-10H,3-8,11H2,1-2H3. The van der Waals surface area contributed by atoms with E-state index in [2.05, 4.69) is 47.7 Å². The summed E-state index contributed by atoms with van der Waals surface area (Å²) in [5.74, 6) is 0.931. The predicted octanol–water partition coefficient (Wildman–Crippen LogP) is 2.98. The molecule has 0 radical (unpaired) electrons. The van der Waals surface area contributed by atoms with Crippen molar-refractivity contribution in [1.82, 2.24) is 9.80 Å². The summed E-state index contributed by atoms with van der Waals surface area (Å²) in [5.41, 5.74) is 1.21. The Balaban J connectivity index is 1.94. The van der Waals surface area contributed by atoms with Gasteiger partial charge in [-0.05, 0) is 28.1 Å². The van der Waals surface area contributed by atoms with Crippen molar-refractivity contribution in [2.45, 2.75) is 6.54 Å². The molecule has 1 aliphatic rings. The van der Waals surface area contributed by atoms with E-state index in [0.29, 0.717) is 0 Å². The lowest BCUT2D eigenvalue weighted by molar-refractivity contribution is 0.0934. The maximum absolute atomic E-state index is 5.53. The number of nitrogens with zero attached hydrogens (tertiary/aromatic N) is 2. The van der Waals surface area contributed by atoms with Gasteiger partial charge in [0, 0.05) is 56.4 Å². The Kier molecular flexibility index (Phi) is 6.95. The number of piperazine rings is 1. The topological polar surface area (TPSA) is 24.9 Å². The number of hydrogen-bond donors (Lipinski definition) is 0. The summed E-state index contributed by atoms with van der Waals surface area (Å²) in [4.78, 5) is 4.92. The average Bonchev–Trinajstić information content (AvgIpc) is 2.46. The molecule has 0 saturated carbocycles. The molecule has 4 nitrogen and oxygen atoms in total. The van der Waals surface area contributed by atoms with Gasteiger partial charge in [-0.1, -0.05) is 15.9 Å². The van der Waals surface area contributed by atoms with Crippen LogP contribution < -0.4 is 4.74 Å². The number of benzene rings is 1. The molecule has 0 unspecified atom stereocenters. The van der Waals surface area contributed by atoms with Gasteiger partial charge in [0.1, 0.15) is 5.75 Å². The van der Waals surface area contributed by atoms with E-state index in [4.69, 9.17) is 9.47 Å². The fourth-order valence-corrected chi connectivity index (χ4v) is 4.07. The zero-order chi connectivity index (χ0) is 15.2. The first-order valence-electron chi connectivity index (χ1n) is 7.09. The molecule has 0 N–H and O–H groups in total. The Morgan fingerprint density at radius 1 is 1.05 bits per heavy atom. The average molecular weight is 422 g/mol. The van der Waals surface area contributed by atoms with Crippen LogP contribution in [0, 0.1) is 0 Å². The molecule has 0 aliphatic carbocycles. The van der Waals surface area contributed by atoms with Crippen molar-refractivity contribution in [2.24, 2.45) is 0 Å². The highest BCUT2D eigenvalue weighted by Gasteiger charge is 2.19. The lowest BCUT2D eigenvalue weighted by Gasteiger charge is -2.34.